The average Bonchev–Trinajstić information content (AvgIpc) is 3.96. The van der Waals surface area contributed by atoms with Gasteiger partial charge < -0.3 is 19.3 Å². The number of likely N-dealkylation sites (N-methyl/N-ethyl adjacent to an activating group) is 1. The second kappa shape index (κ2) is 14.9. The van der Waals surface area contributed by atoms with Crippen LogP contribution in [0.1, 0.15) is 66.2 Å². The smallest absolute Gasteiger partial charge is 0.411 e. The van der Waals surface area contributed by atoms with E-state index >= 15 is 4.39 Å². The lowest BCUT2D eigenvalue weighted by atomic mass is 9.95. The predicted molar refractivity (Wildman–Crippen MR) is 216 cm³/mol. The fourth-order valence-corrected chi connectivity index (χ4v) is 9.35. The van der Waals surface area contributed by atoms with Crippen molar-refractivity contribution in [3.05, 3.63) is 53.4 Å². The molecule has 6 heterocycles. The van der Waals surface area contributed by atoms with Gasteiger partial charge in [0.2, 0.25) is 0 Å². The SMILES string of the molecule is CN(c1nc(OC[C@@]23CCCN2C[C@H](F)C3)nc2c(F)c(-c3cccc4cccc(Cl)c34)ncc12)[C@@H]1CCN(C(=O)C#CC2(C)CCCN2C(=O)OC(C)(C)C)C1. The number of pyridine rings is 1. The van der Waals surface area contributed by atoms with Crippen LogP contribution in [0.15, 0.2) is 42.6 Å². The average molecular weight is 800 g/mol. The summed E-state index contributed by atoms with van der Waals surface area (Å²) in [6, 6.07) is 10.8. The van der Waals surface area contributed by atoms with E-state index in [-0.39, 0.29) is 35.8 Å². The first kappa shape index (κ1) is 39.0. The summed E-state index contributed by atoms with van der Waals surface area (Å²) >= 11 is 6.65. The molecule has 4 aliphatic rings. The lowest BCUT2D eigenvalue weighted by Gasteiger charge is -2.32. The summed E-state index contributed by atoms with van der Waals surface area (Å²) in [7, 11) is 1.85. The zero-order valence-electron chi connectivity index (χ0n) is 33.1. The summed E-state index contributed by atoms with van der Waals surface area (Å²) in [5.74, 6) is 5.34. The van der Waals surface area contributed by atoms with E-state index in [1.807, 2.05) is 63.9 Å². The number of anilines is 1. The maximum Gasteiger partial charge on any atom is 0.411 e. The van der Waals surface area contributed by atoms with Gasteiger partial charge in [0.25, 0.3) is 5.91 Å². The molecular formula is C43H48ClF2N7O4. The van der Waals surface area contributed by atoms with E-state index in [9.17, 15) is 14.0 Å². The van der Waals surface area contributed by atoms with Crippen molar-refractivity contribution in [3.8, 4) is 29.1 Å². The molecule has 0 aliphatic carbocycles. The lowest BCUT2D eigenvalue weighted by molar-refractivity contribution is -0.124. The molecule has 1 unspecified atom stereocenters. The zero-order chi connectivity index (χ0) is 40.3. The van der Waals surface area contributed by atoms with Gasteiger partial charge in [-0.25, -0.2) is 13.6 Å². The molecule has 0 bridgehead atoms. The Morgan fingerprint density at radius 3 is 2.63 bits per heavy atom. The van der Waals surface area contributed by atoms with E-state index in [1.165, 1.54) is 0 Å². The van der Waals surface area contributed by atoms with Crippen LogP contribution in [-0.2, 0) is 9.53 Å². The van der Waals surface area contributed by atoms with Crippen molar-refractivity contribution in [1.29, 1.82) is 0 Å². The molecule has 8 rings (SSSR count). The third-order valence-corrected chi connectivity index (χ3v) is 12.3. The van der Waals surface area contributed by atoms with E-state index in [4.69, 9.17) is 26.1 Å². The van der Waals surface area contributed by atoms with E-state index in [0.717, 1.165) is 31.2 Å². The summed E-state index contributed by atoms with van der Waals surface area (Å²) in [6.45, 7) is 9.97. The molecule has 14 heteroatoms. The zero-order valence-corrected chi connectivity index (χ0v) is 33.8. The molecule has 0 radical (unpaired) electrons. The maximum absolute atomic E-state index is 17.0. The first-order valence-electron chi connectivity index (χ1n) is 19.8. The quantitative estimate of drug-likeness (QED) is 0.184. The Bertz CT molecular complexity index is 2310. The minimum Gasteiger partial charge on any atom is -0.461 e. The van der Waals surface area contributed by atoms with Crippen LogP contribution in [0.5, 0.6) is 6.01 Å². The number of nitrogens with zero attached hydrogens (tertiary/aromatic N) is 7. The topological polar surface area (TPSA) is 104 Å². The second-order valence-corrected chi connectivity index (χ2v) is 17.5. The van der Waals surface area contributed by atoms with Gasteiger partial charge in [0.1, 0.15) is 40.9 Å². The summed E-state index contributed by atoms with van der Waals surface area (Å²) in [6.07, 6.45) is 4.30. The number of carbonyl (C=O) groups is 2. The standard InChI is InChI=1S/C43H48ClF2N7O4/c1-41(2,3)57-40(55)53-20-8-16-42(53,4)18-14-33(54)51-21-15-29(25-51)50(5)38-31-23-47-36(30-12-6-10-27-11-7-13-32(44)34(27)30)35(46)37(31)48-39(49-38)56-26-43-17-9-19-52(43)24-28(45)22-43/h6-7,10-13,23,28-29H,8-9,15-17,19-22,24-26H2,1-5H3/t28-,29-,42?,43+/m1/s1. The molecule has 2 amide bonds. The molecule has 4 atom stereocenters. The van der Waals surface area contributed by atoms with Gasteiger partial charge in [0.15, 0.2) is 5.82 Å². The van der Waals surface area contributed by atoms with Crippen LogP contribution in [0.3, 0.4) is 0 Å². The molecule has 0 N–H and O–H groups in total. The van der Waals surface area contributed by atoms with Crippen molar-refractivity contribution >= 4 is 51.1 Å². The number of benzene rings is 2. The Labute approximate surface area is 336 Å². The van der Waals surface area contributed by atoms with Crippen LogP contribution in [0.25, 0.3) is 32.9 Å². The largest absolute Gasteiger partial charge is 0.461 e. The normalized spacial score (nSPS) is 24.8. The van der Waals surface area contributed by atoms with Crippen LogP contribution in [0.4, 0.5) is 19.4 Å². The number of rotatable bonds is 6. The molecule has 4 fully saturated rings. The highest BCUT2D eigenvalue weighted by Crippen LogP contribution is 2.42. The van der Waals surface area contributed by atoms with Crippen molar-refractivity contribution in [2.75, 3.05) is 51.3 Å². The molecule has 0 saturated carbocycles. The first-order valence-corrected chi connectivity index (χ1v) is 20.1. The maximum atomic E-state index is 17.0. The summed E-state index contributed by atoms with van der Waals surface area (Å²) in [4.78, 5) is 48.0. The number of ether oxygens (including phenoxy) is 2. The molecule has 11 nitrogen and oxygen atoms in total. The molecule has 300 valence electrons. The second-order valence-electron chi connectivity index (χ2n) is 17.1. The van der Waals surface area contributed by atoms with E-state index in [2.05, 4.69) is 26.7 Å². The Morgan fingerprint density at radius 2 is 1.84 bits per heavy atom. The van der Waals surface area contributed by atoms with Crippen molar-refractivity contribution in [2.24, 2.45) is 0 Å². The Balaban J connectivity index is 1.09. The fraction of sp³-hybridized carbons (Fsp3) is 0.512. The minimum atomic E-state index is -0.936. The monoisotopic (exact) mass is 799 g/mol. The van der Waals surface area contributed by atoms with Crippen LogP contribution in [0.2, 0.25) is 5.02 Å². The lowest BCUT2D eigenvalue weighted by Crippen LogP contribution is -2.46. The minimum absolute atomic E-state index is 0.0176. The number of hydrogen-bond donors (Lipinski definition) is 0. The Hall–Kier alpha value is -4.80. The van der Waals surface area contributed by atoms with Gasteiger partial charge in [-0.3, -0.25) is 19.6 Å². The third kappa shape index (κ3) is 7.42. The number of carbonyl (C=O) groups excluding carboxylic acids is 2. The number of hydrogen-bond acceptors (Lipinski definition) is 9. The summed E-state index contributed by atoms with van der Waals surface area (Å²) in [5, 5.41) is 2.38. The fourth-order valence-electron chi connectivity index (χ4n) is 9.07. The van der Waals surface area contributed by atoms with Gasteiger partial charge in [-0.1, -0.05) is 47.9 Å². The number of likely N-dealkylation sites (tertiary alicyclic amines) is 2. The van der Waals surface area contributed by atoms with E-state index < -0.39 is 34.8 Å². The highest BCUT2D eigenvalue weighted by molar-refractivity contribution is 6.36. The van der Waals surface area contributed by atoms with Crippen molar-refractivity contribution < 1.29 is 27.8 Å². The van der Waals surface area contributed by atoms with Crippen molar-refractivity contribution in [1.82, 2.24) is 29.7 Å². The van der Waals surface area contributed by atoms with Gasteiger partial charge in [-0.2, -0.15) is 9.97 Å². The Kier molecular flexibility index (Phi) is 10.2. The number of amides is 2. The highest BCUT2D eigenvalue weighted by Gasteiger charge is 2.49. The van der Waals surface area contributed by atoms with Gasteiger partial charge in [-0.15, -0.1) is 0 Å². The van der Waals surface area contributed by atoms with Crippen molar-refractivity contribution in [3.63, 3.8) is 0 Å². The van der Waals surface area contributed by atoms with Gasteiger partial charge in [-0.05, 0) is 83.7 Å². The number of fused-ring (bicyclic) bond motifs is 3. The van der Waals surface area contributed by atoms with Crippen molar-refractivity contribution in [2.45, 2.75) is 95.1 Å². The van der Waals surface area contributed by atoms with Crippen LogP contribution in [-0.4, -0.2) is 117 Å². The molecule has 4 saturated heterocycles. The first-order chi connectivity index (χ1) is 27.1. The molecule has 4 aliphatic heterocycles. The number of aromatic nitrogens is 3. The van der Waals surface area contributed by atoms with Crippen LogP contribution >= 0.6 is 11.6 Å². The third-order valence-electron chi connectivity index (χ3n) is 12.0. The van der Waals surface area contributed by atoms with Gasteiger partial charge in [0.05, 0.1) is 10.9 Å². The molecule has 0 spiro atoms. The molecule has 2 aromatic heterocycles. The Morgan fingerprint density at radius 1 is 1.07 bits per heavy atom. The molecular weight excluding hydrogens is 752 g/mol. The number of alkyl halides is 1. The molecule has 2 aromatic carbocycles. The van der Waals surface area contributed by atoms with E-state index in [1.54, 1.807) is 28.1 Å². The van der Waals surface area contributed by atoms with E-state index in [0.29, 0.717) is 72.6 Å². The van der Waals surface area contributed by atoms with Crippen LogP contribution in [0, 0.1) is 17.7 Å². The summed E-state index contributed by atoms with van der Waals surface area (Å²) < 4.78 is 43.5. The number of halogens is 3. The highest BCUT2D eigenvalue weighted by atomic mass is 35.5. The van der Waals surface area contributed by atoms with Crippen LogP contribution < -0.4 is 9.64 Å². The molecule has 4 aromatic rings. The van der Waals surface area contributed by atoms with Gasteiger partial charge in [0, 0.05) is 67.9 Å². The molecule has 57 heavy (non-hydrogen) atoms. The predicted octanol–water partition coefficient (Wildman–Crippen LogP) is 7.42. The van der Waals surface area contributed by atoms with Gasteiger partial charge >= 0.3 is 12.1 Å². The summed E-state index contributed by atoms with van der Waals surface area (Å²) in [5.41, 5.74) is -1.28.